The number of ether oxygens (including phenoxy) is 1. The third-order valence-electron chi connectivity index (χ3n) is 4.04. The number of amides is 1. The number of fused-ring (bicyclic) bond motifs is 1. The SMILES string of the molecule is COC(=O)C(NC(=O)c1ccc(Cl)cc1Cl)(Nc1nc2ccc(Br)cc2s1)C(F)(F)F. The Kier molecular flexibility index (Phi) is 6.70. The predicted molar refractivity (Wildman–Crippen MR) is 116 cm³/mol. The van der Waals surface area contributed by atoms with Gasteiger partial charge in [-0.15, -0.1) is 0 Å². The third kappa shape index (κ3) is 4.74. The fraction of sp³-hybridized carbons (Fsp3) is 0.167. The van der Waals surface area contributed by atoms with Gasteiger partial charge in [-0.25, -0.2) is 9.78 Å². The van der Waals surface area contributed by atoms with Gasteiger partial charge in [0.2, 0.25) is 0 Å². The third-order valence-corrected chi connectivity index (χ3v) is 6.01. The van der Waals surface area contributed by atoms with E-state index in [-0.39, 0.29) is 20.7 Å². The summed E-state index contributed by atoms with van der Waals surface area (Å²) in [4.78, 5) is 29.1. The van der Waals surface area contributed by atoms with E-state index in [0.29, 0.717) is 14.7 Å². The Morgan fingerprint density at radius 1 is 1.16 bits per heavy atom. The molecule has 0 aliphatic carbocycles. The van der Waals surface area contributed by atoms with Gasteiger partial charge in [0, 0.05) is 9.50 Å². The number of carbonyl (C=O) groups is 2. The number of aromatic nitrogens is 1. The van der Waals surface area contributed by atoms with Crippen LogP contribution in [0.1, 0.15) is 10.4 Å². The summed E-state index contributed by atoms with van der Waals surface area (Å²) in [5.74, 6) is -3.07. The molecule has 0 radical (unpaired) electrons. The number of nitrogens with zero attached hydrogens (tertiary/aromatic N) is 1. The lowest BCUT2D eigenvalue weighted by atomic mass is 10.1. The van der Waals surface area contributed by atoms with Gasteiger partial charge in [-0.1, -0.05) is 50.5 Å². The zero-order chi connectivity index (χ0) is 23.0. The Balaban J connectivity index is 2.07. The number of methoxy groups -OCH3 is 1. The molecule has 0 fully saturated rings. The number of alkyl halides is 3. The van der Waals surface area contributed by atoms with Crippen LogP contribution in [0.25, 0.3) is 10.2 Å². The van der Waals surface area contributed by atoms with Crippen LogP contribution in [0.4, 0.5) is 18.3 Å². The maximum Gasteiger partial charge on any atom is 0.442 e. The summed E-state index contributed by atoms with van der Waals surface area (Å²) in [5, 5.41) is 3.41. The number of halogens is 6. The Bertz CT molecular complexity index is 1170. The molecule has 3 rings (SSSR count). The summed E-state index contributed by atoms with van der Waals surface area (Å²) >= 11 is 15.8. The number of hydrogen-bond donors (Lipinski definition) is 2. The van der Waals surface area contributed by atoms with Crippen molar-refractivity contribution in [2.45, 2.75) is 11.8 Å². The van der Waals surface area contributed by atoms with Crippen molar-refractivity contribution in [3.8, 4) is 0 Å². The van der Waals surface area contributed by atoms with Crippen molar-refractivity contribution < 1.29 is 27.5 Å². The van der Waals surface area contributed by atoms with E-state index in [1.807, 2.05) is 5.32 Å². The minimum absolute atomic E-state index is 0.176. The van der Waals surface area contributed by atoms with Crippen molar-refractivity contribution in [3.63, 3.8) is 0 Å². The monoisotopic (exact) mass is 555 g/mol. The van der Waals surface area contributed by atoms with Crippen molar-refractivity contribution in [2.24, 2.45) is 0 Å². The van der Waals surface area contributed by atoms with Crippen LogP contribution >= 0.6 is 50.5 Å². The molecule has 0 aliphatic rings. The Morgan fingerprint density at radius 2 is 1.87 bits per heavy atom. The minimum Gasteiger partial charge on any atom is -0.466 e. The van der Waals surface area contributed by atoms with Crippen molar-refractivity contribution in [3.05, 3.63) is 56.5 Å². The van der Waals surface area contributed by atoms with Crippen molar-refractivity contribution in [2.75, 3.05) is 12.4 Å². The highest BCUT2D eigenvalue weighted by molar-refractivity contribution is 9.10. The number of benzene rings is 2. The van der Waals surface area contributed by atoms with E-state index in [2.05, 4.69) is 25.7 Å². The first kappa shape index (κ1) is 23.6. The van der Waals surface area contributed by atoms with Gasteiger partial charge in [-0.2, -0.15) is 13.2 Å². The van der Waals surface area contributed by atoms with Crippen molar-refractivity contribution in [1.82, 2.24) is 10.3 Å². The van der Waals surface area contributed by atoms with E-state index in [0.717, 1.165) is 24.5 Å². The molecule has 6 nitrogen and oxygen atoms in total. The Labute approximate surface area is 195 Å². The minimum atomic E-state index is -5.31. The van der Waals surface area contributed by atoms with Gasteiger partial charge in [-0.3, -0.25) is 4.79 Å². The molecule has 1 amide bonds. The fourth-order valence-electron chi connectivity index (χ4n) is 2.57. The van der Waals surface area contributed by atoms with Crippen LogP contribution in [-0.2, 0) is 9.53 Å². The molecule has 3 aromatic rings. The highest BCUT2D eigenvalue weighted by Gasteiger charge is 2.64. The maximum absolute atomic E-state index is 14.2. The lowest BCUT2D eigenvalue weighted by Crippen LogP contribution is -2.69. The van der Waals surface area contributed by atoms with Gasteiger partial charge in [-0.05, 0) is 36.4 Å². The van der Waals surface area contributed by atoms with E-state index in [1.54, 1.807) is 23.5 Å². The normalized spacial score (nSPS) is 13.5. The number of rotatable bonds is 5. The zero-order valence-corrected chi connectivity index (χ0v) is 19.2. The number of nitrogens with one attached hydrogen (secondary N) is 2. The van der Waals surface area contributed by atoms with Crippen LogP contribution in [-0.4, -0.2) is 35.8 Å². The summed E-state index contributed by atoms with van der Waals surface area (Å²) in [6.07, 6.45) is -5.31. The van der Waals surface area contributed by atoms with Gasteiger partial charge < -0.3 is 15.4 Å². The molecule has 0 aliphatic heterocycles. The standard InChI is InChI=1S/C18H11BrCl2F3N3O3S/c1-30-15(29)17(18(22,23)24,26-14(28)10-4-3-9(20)7-11(10)21)27-16-25-12-5-2-8(19)6-13(12)31-16/h2-7H,1H3,(H,25,27)(H,26,28). The maximum atomic E-state index is 14.2. The number of carbonyl (C=O) groups excluding carboxylic acids is 2. The second kappa shape index (κ2) is 8.81. The van der Waals surface area contributed by atoms with Crippen LogP contribution in [0.15, 0.2) is 40.9 Å². The number of hydrogen-bond acceptors (Lipinski definition) is 6. The molecule has 0 spiro atoms. The molecular formula is C18H11BrCl2F3N3O3S. The van der Waals surface area contributed by atoms with E-state index < -0.39 is 23.7 Å². The predicted octanol–water partition coefficient (Wildman–Crippen LogP) is 5.64. The lowest BCUT2D eigenvalue weighted by Gasteiger charge is -2.34. The van der Waals surface area contributed by atoms with Crippen molar-refractivity contribution in [1.29, 1.82) is 0 Å². The fourth-order valence-corrected chi connectivity index (χ4v) is 4.53. The molecule has 0 saturated heterocycles. The summed E-state index contributed by atoms with van der Waals surface area (Å²) in [5.41, 5.74) is -3.56. The Hall–Kier alpha value is -2.08. The molecule has 164 valence electrons. The van der Waals surface area contributed by atoms with Crippen molar-refractivity contribution >= 4 is 77.7 Å². The van der Waals surface area contributed by atoms with E-state index in [1.165, 1.54) is 12.1 Å². The molecule has 1 unspecified atom stereocenters. The summed E-state index contributed by atoms with van der Waals surface area (Å²) < 4.78 is 48.2. The van der Waals surface area contributed by atoms with E-state index in [4.69, 9.17) is 23.2 Å². The molecule has 0 saturated carbocycles. The molecule has 31 heavy (non-hydrogen) atoms. The van der Waals surface area contributed by atoms with Crippen LogP contribution < -0.4 is 10.6 Å². The smallest absolute Gasteiger partial charge is 0.442 e. The first-order chi connectivity index (χ1) is 14.5. The molecule has 1 heterocycles. The quantitative estimate of drug-likeness (QED) is 0.314. The largest absolute Gasteiger partial charge is 0.466 e. The lowest BCUT2D eigenvalue weighted by molar-refractivity contribution is -0.203. The number of esters is 1. The first-order valence-corrected chi connectivity index (χ1v) is 10.6. The second-order valence-corrected chi connectivity index (χ2v) is 8.86. The zero-order valence-electron chi connectivity index (χ0n) is 15.3. The molecule has 2 aromatic carbocycles. The van der Waals surface area contributed by atoms with Crippen LogP contribution in [0, 0.1) is 0 Å². The number of thiazole rings is 1. The average Bonchev–Trinajstić information content (AvgIpc) is 3.06. The summed E-state index contributed by atoms with van der Waals surface area (Å²) in [7, 11) is 0.765. The van der Waals surface area contributed by atoms with Crippen LogP contribution in [0.5, 0.6) is 0 Å². The number of anilines is 1. The second-order valence-electron chi connectivity index (χ2n) is 6.07. The van der Waals surface area contributed by atoms with Crippen LogP contribution in [0.3, 0.4) is 0 Å². The molecule has 0 bridgehead atoms. The molecule has 1 aromatic heterocycles. The first-order valence-electron chi connectivity index (χ1n) is 8.24. The molecule has 13 heteroatoms. The van der Waals surface area contributed by atoms with Gasteiger partial charge in [0.15, 0.2) is 5.13 Å². The summed E-state index contributed by atoms with van der Waals surface area (Å²) in [6.45, 7) is 0. The van der Waals surface area contributed by atoms with Gasteiger partial charge in [0.25, 0.3) is 5.91 Å². The van der Waals surface area contributed by atoms with E-state index >= 15 is 0 Å². The molecular weight excluding hydrogens is 546 g/mol. The molecule has 1 atom stereocenters. The van der Waals surface area contributed by atoms with Gasteiger partial charge in [0.05, 0.1) is 27.9 Å². The highest BCUT2D eigenvalue weighted by Crippen LogP contribution is 2.37. The topological polar surface area (TPSA) is 80.3 Å². The highest BCUT2D eigenvalue weighted by atomic mass is 79.9. The van der Waals surface area contributed by atoms with Crippen LogP contribution in [0.2, 0.25) is 10.0 Å². The van der Waals surface area contributed by atoms with E-state index in [9.17, 15) is 22.8 Å². The summed E-state index contributed by atoms with van der Waals surface area (Å²) in [6, 6.07) is 8.48. The molecule has 2 N–H and O–H groups in total. The van der Waals surface area contributed by atoms with Gasteiger partial charge in [0.1, 0.15) is 0 Å². The van der Waals surface area contributed by atoms with Gasteiger partial charge >= 0.3 is 17.8 Å². The average molecular weight is 557 g/mol. The Morgan fingerprint density at radius 3 is 2.48 bits per heavy atom.